The molecule has 0 aromatic carbocycles. The van der Waals surface area contributed by atoms with Crippen LogP contribution in [0, 0.1) is 11.8 Å². The Morgan fingerprint density at radius 2 is 1.76 bits per heavy atom. The predicted molar refractivity (Wildman–Crippen MR) is 71.6 cm³/mol. The van der Waals surface area contributed by atoms with Crippen LogP contribution in [-0.4, -0.2) is 29.4 Å². The van der Waals surface area contributed by atoms with E-state index in [4.69, 9.17) is 5.73 Å². The zero-order valence-corrected chi connectivity index (χ0v) is 11.8. The van der Waals surface area contributed by atoms with E-state index in [1.807, 2.05) is 13.8 Å². The number of carbonyl (C=O) groups is 1. The standard InChI is InChI=1S/C14H28N2O/c1-10(2)9-16(12-7-5-6-8-12)14(17)13(15)11(3)4/h10-13H,5-9,15H2,1-4H3/t13-/m1/s1. The maximum atomic E-state index is 12.4. The highest BCUT2D eigenvalue weighted by atomic mass is 16.2. The van der Waals surface area contributed by atoms with Gasteiger partial charge in [-0.15, -0.1) is 0 Å². The van der Waals surface area contributed by atoms with Crippen molar-refractivity contribution in [3.63, 3.8) is 0 Å². The van der Waals surface area contributed by atoms with E-state index in [2.05, 4.69) is 18.7 Å². The summed E-state index contributed by atoms with van der Waals surface area (Å²) < 4.78 is 0. The molecule has 17 heavy (non-hydrogen) atoms. The highest BCUT2D eigenvalue weighted by Gasteiger charge is 2.31. The highest BCUT2D eigenvalue weighted by Crippen LogP contribution is 2.25. The number of nitrogens with two attached hydrogens (primary N) is 1. The van der Waals surface area contributed by atoms with E-state index in [1.54, 1.807) is 0 Å². The van der Waals surface area contributed by atoms with Crippen LogP contribution in [0.1, 0.15) is 53.4 Å². The first-order valence-electron chi connectivity index (χ1n) is 6.99. The molecule has 0 unspecified atom stereocenters. The van der Waals surface area contributed by atoms with Gasteiger partial charge in [0.1, 0.15) is 0 Å². The molecule has 0 aromatic heterocycles. The van der Waals surface area contributed by atoms with E-state index in [0.717, 1.165) is 19.4 Å². The van der Waals surface area contributed by atoms with Gasteiger partial charge in [0, 0.05) is 12.6 Å². The fourth-order valence-corrected chi connectivity index (χ4v) is 2.50. The molecule has 1 saturated carbocycles. The number of hydrogen-bond acceptors (Lipinski definition) is 2. The Morgan fingerprint density at radius 1 is 1.24 bits per heavy atom. The van der Waals surface area contributed by atoms with Crippen LogP contribution in [0.15, 0.2) is 0 Å². The molecular weight excluding hydrogens is 212 g/mol. The maximum Gasteiger partial charge on any atom is 0.240 e. The fourth-order valence-electron chi connectivity index (χ4n) is 2.50. The molecule has 2 N–H and O–H groups in total. The van der Waals surface area contributed by atoms with Crippen molar-refractivity contribution in [1.29, 1.82) is 0 Å². The van der Waals surface area contributed by atoms with Crippen LogP contribution in [0.3, 0.4) is 0 Å². The van der Waals surface area contributed by atoms with Crippen LogP contribution in [0.5, 0.6) is 0 Å². The summed E-state index contributed by atoms with van der Waals surface area (Å²) in [7, 11) is 0. The fraction of sp³-hybridized carbons (Fsp3) is 0.929. The van der Waals surface area contributed by atoms with Crippen LogP contribution in [0.25, 0.3) is 0 Å². The summed E-state index contributed by atoms with van der Waals surface area (Å²) in [6.07, 6.45) is 4.82. The molecule has 100 valence electrons. The minimum Gasteiger partial charge on any atom is -0.338 e. The minimum absolute atomic E-state index is 0.153. The Kier molecular flexibility index (Phi) is 5.44. The molecule has 1 aliphatic rings. The van der Waals surface area contributed by atoms with E-state index < -0.39 is 0 Å². The van der Waals surface area contributed by atoms with Crippen molar-refractivity contribution in [1.82, 2.24) is 4.90 Å². The summed E-state index contributed by atoms with van der Waals surface area (Å²) in [4.78, 5) is 14.5. The van der Waals surface area contributed by atoms with Crippen LogP contribution < -0.4 is 5.73 Å². The van der Waals surface area contributed by atoms with Gasteiger partial charge >= 0.3 is 0 Å². The number of carbonyl (C=O) groups excluding carboxylic acids is 1. The molecule has 1 atom stereocenters. The summed E-state index contributed by atoms with van der Waals surface area (Å²) in [6.45, 7) is 9.21. The lowest BCUT2D eigenvalue weighted by Gasteiger charge is -2.33. The second kappa shape index (κ2) is 6.39. The van der Waals surface area contributed by atoms with Crippen LogP contribution in [0.4, 0.5) is 0 Å². The van der Waals surface area contributed by atoms with Crippen molar-refractivity contribution in [2.45, 2.75) is 65.5 Å². The summed E-state index contributed by atoms with van der Waals surface area (Å²) in [5, 5.41) is 0. The molecular formula is C14H28N2O. The second-order valence-electron chi connectivity index (χ2n) is 6.09. The number of nitrogens with zero attached hydrogens (tertiary/aromatic N) is 1. The second-order valence-corrected chi connectivity index (χ2v) is 6.09. The quantitative estimate of drug-likeness (QED) is 0.802. The molecule has 0 bridgehead atoms. The van der Waals surface area contributed by atoms with Crippen molar-refractivity contribution >= 4 is 5.91 Å². The average molecular weight is 240 g/mol. The van der Waals surface area contributed by atoms with Crippen molar-refractivity contribution < 1.29 is 4.79 Å². The van der Waals surface area contributed by atoms with Crippen molar-refractivity contribution in [2.75, 3.05) is 6.54 Å². The van der Waals surface area contributed by atoms with Gasteiger partial charge in [0.25, 0.3) is 0 Å². The first kappa shape index (κ1) is 14.5. The average Bonchev–Trinajstić information content (AvgIpc) is 2.76. The molecule has 0 heterocycles. The van der Waals surface area contributed by atoms with Gasteiger partial charge < -0.3 is 10.6 Å². The molecule has 1 amide bonds. The molecule has 1 fully saturated rings. The maximum absolute atomic E-state index is 12.4. The molecule has 1 rings (SSSR count). The van der Waals surface area contributed by atoms with Crippen molar-refractivity contribution in [3.8, 4) is 0 Å². The molecule has 0 spiro atoms. The van der Waals surface area contributed by atoms with E-state index in [-0.39, 0.29) is 17.9 Å². The third kappa shape index (κ3) is 3.98. The summed E-state index contributed by atoms with van der Waals surface area (Å²) in [6, 6.07) is 0.101. The van der Waals surface area contributed by atoms with Gasteiger partial charge in [-0.1, -0.05) is 40.5 Å². The zero-order valence-electron chi connectivity index (χ0n) is 11.8. The Morgan fingerprint density at radius 3 is 2.18 bits per heavy atom. The first-order chi connectivity index (χ1) is 7.93. The summed E-state index contributed by atoms with van der Waals surface area (Å²) in [5.74, 6) is 0.887. The lowest BCUT2D eigenvalue weighted by atomic mass is 10.0. The first-order valence-corrected chi connectivity index (χ1v) is 6.99. The lowest BCUT2D eigenvalue weighted by molar-refractivity contribution is -0.136. The zero-order chi connectivity index (χ0) is 13.0. The SMILES string of the molecule is CC(C)CN(C(=O)[C@H](N)C(C)C)C1CCCC1. The normalized spacial score (nSPS) is 19.0. The van der Waals surface area contributed by atoms with Crippen molar-refractivity contribution in [3.05, 3.63) is 0 Å². The molecule has 0 radical (unpaired) electrons. The molecule has 0 aliphatic heterocycles. The van der Waals surface area contributed by atoms with Crippen molar-refractivity contribution in [2.24, 2.45) is 17.6 Å². The van der Waals surface area contributed by atoms with Gasteiger partial charge in [0.2, 0.25) is 5.91 Å². The Bertz CT molecular complexity index is 245. The molecule has 3 heteroatoms. The Balaban J connectivity index is 2.70. The largest absolute Gasteiger partial charge is 0.338 e. The van der Waals surface area contributed by atoms with Gasteiger partial charge in [-0.2, -0.15) is 0 Å². The molecule has 0 saturated heterocycles. The smallest absolute Gasteiger partial charge is 0.240 e. The summed E-state index contributed by atoms with van der Waals surface area (Å²) in [5.41, 5.74) is 6.01. The third-order valence-corrected chi connectivity index (χ3v) is 3.61. The van der Waals surface area contributed by atoms with E-state index >= 15 is 0 Å². The Hall–Kier alpha value is -0.570. The molecule has 0 aromatic rings. The topological polar surface area (TPSA) is 46.3 Å². The van der Waals surface area contributed by atoms with E-state index in [1.165, 1.54) is 12.8 Å². The van der Waals surface area contributed by atoms with Gasteiger partial charge in [-0.3, -0.25) is 4.79 Å². The third-order valence-electron chi connectivity index (χ3n) is 3.61. The van der Waals surface area contributed by atoms with Crippen LogP contribution >= 0.6 is 0 Å². The van der Waals surface area contributed by atoms with Crippen LogP contribution in [0.2, 0.25) is 0 Å². The summed E-state index contributed by atoms with van der Waals surface area (Å²) >= 11 is 0. The van der Waals surface area contributed by atoms with Gasteiger partial charge in [-0.05, 0) is 24.7 Å². The number of amides is 1. The van der Waals surface area contributed by atoms with Gasteiger partial charge in [0.05, 0.1) is 6.04 Å². The predicted octanol–water partition coefficient (Wildman–Crippen LogP) is 2.40. The lowest BCUT2D eigenvalue weighted by Crippen LogP contribution is -2.51. The van der Waals surface area contributed by atoms with E-state index in [0.29, 0.717) is 12.0 Å². The van der Waals surface area contributed by atoms with Gasteiger partial charge in [0.15, 0.2) is 0 Å². The molecule has 1 aliphatic carbocycles. The van der Waals surface area contributed by atoms with Gasteiger partial charge in [-0.25, -0.2) is 0 Å². The molecule has 3 nitrogen and oxygen atoms in total. The Labute approximate surface area is 106 Å². The minimum atomic E-state index is -0.339. The van der Waals surface area contributed by atoms with E-state index in [9.17, 15) is 4.79 Å². The number of hydrogen-bond donors (Lipinski definition) is 1. The number of rotatable bonds is 5. The van der Waals surface area contributed by atoms with Crippen LogP contribution in [-0.2, 0) is 4.79 Å². The highest BCUT2D eigenvalue weighted by molar-refractivity contribution is 5.82. The monoisotopic (exact) mass is 240 g/mol.